The van der Waals surface area contributed by atoms with Gasteiger partial charge in [0.25, 0.3) is 0 Å². The molecule has 122 valence electrons. The lowest BCUT2D eigenvalue weighted by Gasteiger charge is -2.23. The van der Waals surface area contributed by atoms with Crippen LogP contribution in [-0.4, -0.2) is 37.7 Å². The molecule has 2 saturated heterocycles. The highest BCUT2D eigenvalue weighted by Crippen LogP contribution is 2.37. The number of halogens is 2. The Morgan fingerprint density at radius 1 is 1.41 bits per heavy atom. The molecule has 0 saturated carbocycles. The molecule has 0 amide bonds. The van der Waals surface area contributed by atoms with Crippen LogP contribution in [0.5, 0.6) is 5.75 Å². The van der Waals surface area contributed by atoms with E-state index in [1.165, 1.54) is 44.6 Å². The maximum absolute atomic E-state index is 6.28. The minimum atomic E-state index is 0. The number of nitrogens with one attached hydrogen (secondary N) is 1. The van der Waals surface area contributed by atoms with Crippen LogP contribution in [0.25, 0.3) is 0 Å². The molecule has 1 spiro atoms. The summed E-state index contributed by atoms with van der Waals surface area (Å²) in [6.07, 6.45) is 4.36. The van der Waals surface area contributed by atoms with Crippen LogP contribution in [0, 0.1) is 5.41 Å². The summed E-state index contributed by atoms with van der Waals surface area (Å²) in [5, 5.41) is 4.19. The summed E-state index contributed by atoms with van der Waals surface area (Å²) in [7, 11) is 0. The van der Waals surface area contributed by atoms with E-state index in [1.54, 1.807) is 6.08 Å². The summed E-state index contributed by atoms with van der Waals surface area (Å²) in [5.41, 5.74) is 1.78. The summed E-state index contributed by atoms with van der Waals surface area (Å²) >= 11 is 6.28. The minimum Gasteiger partial charge on any atom is -0.488 e. The first kappa shape index (κ1) is 17.6. The van der Waals surface area contributed by atoms with Crippen molar-refractivity contribution in [3.8, 4) is 5.75 Å². The lowest BCUT2D eigenvalue weighted by Crippen LogP contribution is -2.28. The fourth-order valence-corrected chi connectivity index (χ4v) is 3.73. The van der Waals surface area contributed by atoms with Crippen molar-refractivity contribution < 1.29 is 4.74 Å². The second-order valence-electron chi connectivity index (χ2n) is 6.25. The summed E-state index contributed by atoms with van der Waals surface area (Å²) in [5.74, 6) is 0.734. The Kier molecular flexibility index (Phi) is 6.16. The summed E-state index contributed by atoms with van der Waals surface area (Å²) in [4.78, 5) is 2.54. The van der Waals surface area contributed by atoms with Gasteiger partial charge in [-0.25, -0.2) is 0 Å². The minimum absolute atomic E-state index is 0. The average molecular weight is 343 g/mol. The first-order valence-electron chi connectivity index (χ1n) is 7.66. The van der Waals surface area contributed by atoms with Gasteiger partial charge in [-0.2, -0.15) is 0 Å². The molecule has 1 N–H and O–H groups in total. The number of hydrogen-bond donors (Lipinski definition) is 1. The molecular formula is C17H24Cl2N2O. The van der Waals surface area contributed by atoms with Crippen LogP contribution in [0.15, 0.2) is 30.9 Å². The zero-order valence-corrected chi connectivity index (χ0v) is 14.4. The van der Waals surface area contributed by atoms with Gasteiger partial charge in [-0.05, 0) is 49.0 Å². The fourth-order valence-electron chi connectivity index (χ4n) is 3.47. The zero-order chi connectivity index (χ0) is 14.7. The van der Waals surface area contributed by atoms with Crippen molar-refractivity contribution in [2.75, 3.05) is 32.8 Å². The first-order valence-corrected chi connectivity index (χ1v) is 8.04. The van der Waals surface area contributed by atoms with Crippen molar-refractivity contribution in [2.45, 2.75) is 19.4 Å². The molecule has 22 heavy (non-hydrogen) atoms. The van der Waals surface area contributed by atoms with E-state index in [2.05, 4.69) is 22.9 Å². The van der Waals surface area contributed by atoms with Gasteiger partial charge in [0.05, 0.1) is 5.02 Å². The topological polar surface area (TPSA) is 24.5 Å². The number of rotatable bonds is 5. The second kappa shape index (κ2) is 7.69. The third kappa shape index (κ3) is 3.96. The highest BCUT2D eigenvalue weighted by Gasteiger charge is 2.39. The van der Waals surface area contributed by atoms with Crippen LogP contribution < -0.4 is 10.1 Å². The lowest BCUT2D eigenvalue weighted by molar-refractivity contribution is 0.268. The third-order valence-electron chi connectivity index (χ3n) is 4.61. The van der Waals surface area contributed by atoms with E-state index in [0.29, 0.717) is 17.0 Å². The molecule has 0 aliphatic carbocycles. The quantitative estimate of drug-likeness (QED) is 0.828. The van der Waals surface area contributed by atoms with Crippen LogP contribution in [0.1, 0.15) is 18.4 Å². The molecular weight excluding hydrogens is 319 g/mol. The molecule has 1 aromatic carbocycles. The van der Waals surface area contributed by atoms with Gasteiger partial charge in [0.2, 0.25) is 0 Å². The summed E-state index contributed by atoms with van der Waals surface area (Å²) in [6, 6.07) is 6.10. The molecule has 2 heterocycles. The maximum Gasteiger partial charge on any atom is 0.138 e. The van der Waals surface area contributed by atoms with E-state index in [4.69, 9.17) is 16.3 Å². The van der Waals surface area contributed by atoms with Gasteiger partial charge in [-0.3, -0.25) is 4.90 Å². The van der Waals surface area contributed by atoms with Crippen molar-refractivity contribution in [1.82, 2.24) is 10.2 Å². The fraction of sp³-hybridized carbons (Fsp3) is 0.529. The van der Waals surface area contributed by atoms with E-state index in [-0.39, 0.29) is 12.4 Å². The molecule has 5 heteroatoms. The van der Waals surface area contributed by atoms with E-state index >= 15 is 0 Å². The van der Waals surface area contributed by atoms with Crippen molar-refractivity contribution in [3.63, 3.8) is 0 Å². The SMILES string of the molecule is C=CCOc1ccc(CN2CCC3(CCNC3)C2)cc1Cl.Cl. The molecule has 2 aliphatic heterocycles. The van der Waals surface area contributed by atoms with Gasteiger partial charge >= 0.3 is 0 Å². The molecule has 1 aromatic rings. The van der Waals surface area contributed by atoms with E-state index in [0.717, 1.165) is 12.3 Å². The molecule has 0 bridgehead atoms. The molecule has 1 atom stereocenters. The van der Waals surface area contributed by atoms with Crippen LogP contribution in [0.4, 0.5) is 0 Å². The highest BCUT2D eigenvalue weighted by molar-refractivity contribution is 6.32. The van der Waals surface area contributed by atoms with Gasteiger partial charge in [0.1, 0.15) is 12.4 Å². The molecule has 3 nitrogen and oxygen atoms in total. The van der Waals surface area contributed by atoms with Gasteiger partial charge in [-0.1, -0.05) is 30.3 Å². The summed E-state index contributed by atoms with van der Waals surface area (Å²) < 4.78 is 5.52. The van der Waals surface area contributed by atoms with Crippen molar-refractivity contribution >= 4 is 24.0 Å². The Bertz CT molecular complexity index is 515. The largest absolute Gasteiger partial charge is 0.488 e. The van der Waals surface area contributed by atoms with Crippen LogP contribution in [0.2, 0.25) is 5.02 Å². The molecule has 0 radical (unpaired) electrons. The maximum atomic E-state index is 6.28. The molecule has 0 aromatic heterocycles. The van der Waals surface area contributed by atoms with Gasteiger partial charge in [-0.15, -0.1) is 12.4 Å². The molecule has 3 rings (SSSR count). The first-order chi connectivity index (χ1) is 10.2. The third-order valence-corrected chi connectivity index (χ3v) is 4.90. The molecule has 2 aliphatic rings. The van der Waals surface area contributed by atoms with Crippen LogP contribution in [0.3, 0.4) is 0 Å². The van der Waals surface area contributed by atoms with Crippen LogP contribution >= 0.6 is 24.0 Å². The Hall–Kier alpha value is -0.740. The normalized spacial score (nSPS) is 24.4. The number of hydrogen-bond acceptors (Lipinski definition) is 3. The Balaban J connectivity index is 0.00000176. The van der Waals surface area contributed by atoms with Gasteiger partial charge in [0, 0.05) is 19.6 Å². The number of benzene rings is 1. The number of ether oxygens (including phenoxy) is 1. The number of nitrogens with zero attached hydrogens (tertiary/aromatic N) is 1. The Morgan fingerprint density at radius 3 is 2.95 bits per heavy atom. The number of likely N-dealkylation sites (tertiary alicyclic amines) is 1. The monoisotopic (exact) mass is 342 g/mol. The van der Waals surface area contributed by atoms with Crippen LogP contribution in [-0.2, 0) is 6.54 Å². The van der Waals surface area contributed by atoms with Gasteiger partial charge in [0.15, 0.2) is 0 Å². The van der Waals surface area contributed by atoms with Gasteiger partial charge < -0.3 is 10.1 Å². The van der Waals surface area contributed by atoms with Crippen molar-refractivity contribution in [3.05, 3.63) is 41.4 Å². The lowest BCUT2D eigenvalue weighted by atomic mass is 9.86. The molecule has 2 fully saturated rings. The van der Waals surface area contributed by atoms with Crippen molar-refractivity contribution in [2.24, 2.45) is 5.41 Å². The Morgan fingerprint density at radius 2 is 2.27 bits per heavy atom. The second-order valence-corrected chi connectivity index (χ2v) is 6.66. The predicted molar refractivity (Wildman–Crippen MR) is 94.2 cm³/mol. The van der Waals surface area contributed by atoms with Crippen molar-refractivity contribution in [1.29, 1.82) is 0 Å². The highest BCUT2D eigenvalue weighted by atomic mass is 35.5. The standard InChI is InChI=1S/C17H23ClN2O.ClH/c1-2-9-21-16-4-3-14(10-15(16)18)11-20-8-6-17(13-20)5-7-19-12-17;/h2-4,10,19H,1,5-9,11-13H2;1H. The zero-order valence-electron chi connectivity index (χ0n) is 12.8. The average Bonchev–Trinajstić information content (AvgIpc) is 3.09. The smallest absolute Gasteiger partial charge is 0.138 e. The van der Waals surface area contributed by atoms with E-state index in [1.807, 2.05) is 12.1 Å². The Labute approximate surface area is 144 Å². The molecule has 1 unspecified atom stereocenters. The summed E-state index contributed by atoms with van der Waals surface area (Å²) in [6.45, 7) is 9.85. The van der Waals surface area contributed by atoms with E-state index in [9.17, 15) is 0 Å². The predicted octanol–water partition coefficient (Wildman–Crippen LogP) is 3.51. The van der Waals surface area contributed by atoms with E-state index < -0.39 is 0 Å².